The van der Waals surface area contributed by atoms with E-state index in [1.165, 1.54) is 51.4 Å². The predicted molar refractivity (Wildman–Crippen MR) is 86.0 cm³/mol. The SMILES string of the molecule is CC1(C)CCC[C@@]2(C)[C@H]1CC[C@@]13C[C@@](C)(CC[C@@H]12)CC3=O. The van der Waals surface area contributed by atoms with Gasteiger partial charge in [-0.3, -0.25) is 4.79 Å². The zero-order valence-corrected chi connectivity index (χ0v) is 14.4. The van der Waals surface area contributed by atoms with Crippen molar-refractivity contribution in [1.29, 1.82) is 0 Å². The van der Waals surface area contributed by atoms with Crippen molar-refractivity contribution in [2.45, 2.75) is 85.5 Å². The van der Waals surface area contributed by atoms with Crippen LogP contribution in [-0.2, 0) is 4.79 Å². The third-order valence-corrected chi connectivity index (χ3v) is 8.54. The fourth-order valence-electron chi connectivity index (χ4n) is 7.82. The van der Waals surface area contributed by atoms with Crippen LogP contribution in [0.1, 0.15) is 85.5 Å². The number of Topliss-reactive ketones (excluding diaryl/α,β-unsaturated/α-hetero) is 1. The van der Waals surface area contributed by atoms with Crippen molar-refractivity contribution in [3.8, 4) is 0 Å². The molecule has 0 saturated heterocycles. The van der Waals surface area contributed by atoms with Gasteiger partial charge in [0.25, 0.3) is 0 Å². The first-order chi connectivity index (χ1) is 9.72. The lowest BCUT2D eigenvalue weighted by Crippen LogP contribution is -2.57. The zero-order valence-electron chi connectivity index (χ0n) is 14.4. The van der Waals surface area contributed by atoms with E-state index in [4.69, 9.17) is 0 Å². The predicted octanol–water partition coefficient (Wildman–Crippen LogP) is 5.38. The van der Waals surface area contributed by atoms with E-state index < -0.39 is 0 Å². The molecular weight excluding hydrogens is 256 g/mol. The fourth-order valence-corrected chi connectivity index (χ4v) is 7.82. The summed E-state index contributed by atoms with van der Waals surface area (Å²) in [7, 11) is 0. The molecule has 0 heterocycles. The molecule has 5 atom stereocenters. The minimum atomic E-state index is 0.0890. The van der Waals surface area contributed by atoms with Crippen molar-refractivity contribution >= 4 is 5.78 Å². The second-order valence-corrected chi connectivity index (χ2v) is 10.3. The first-order valence-corrected chi connectivity index (χ1v) is 9.25. The molecule has 4 aliphatic carbocycles. The highest BCUT2D eigenvalue weighted by atomic mass is 16.1. The van der Waals surface area contributed by atoms with E-state index in [9.17, 15) is 4.79 Å². The van der Waals surface area contributed by atoms with Gasteiger partial charge in [0.1, 0.15) is 5.78 Å². The van der Waals surface area contributed by atoms with Gasteiger partial charge in [0, 0.05) is 11.8 Å². The molecule has 1 nitrogen and oxygen atoms in total. The molecule has 0 aromatic heterocycles. The number of ketones is 1. The van der Waals surface area contributed by atoms with Gasteiger partial charge in [0.15, 0.2) is 0 Å². The molecule has 1 spiro atoms. The van der Waals surface area contributed by atoms with Gasteiger partial charge in [-0.25, -0.2) is 0 Å². The van der Waals surface area contributed by atoms with Crippen molar-refractivity contribution in [2.75, 3.05) is 0 Å². The van der Waals surface area contributed by atoms with E-state index in [1.807, 2.05) is 0 Å². The monoisotopic (exact) mass is 288 g/mol. The molecule has 0 radical (unpaired) electrons. The molecule has 0 aromatic carbocycles. The summed E-state index contributed by atoms with van der Waals surface area (Å²) in [5.74, 6) is 2.18. The van der Waals surface area contributed by atoms with Crippen LogP contribution in [0.5, 0.6) is 0 Å². The molecule has 2 bridgehead atoms. The summed E-state index contributed by atoms with van der Waals surface area (Å²) in [5, 5.41) is 0. The summed E-state index contributed by atoms with van der Waals surface area (Å²) in [6, 6.07) is 0. The van der Waals surface area contributed by atoms with E-state index in [2.05, 4.69) is 27.7 Å². The van der Waals surface area contributed by atoms with Crippen LogP contribution in [0.2, 0.25) is 0 Å². The van der Waals surface area contributed by atoms with Crippen molar-refractivity contribution in [3.05, 3.63) is 0 Å². The van der Waals surface area contributed by atoms with E-state index in [-0.39, 0.29) is 5.41 Å². The van der Waals surface area contributed by atoms with Crippen LogP contribution in [-0.4, -0.2) is 5.78 Å². The van der Waals surface area contributed by atoms with Crippen molar-refractivity contribution < 1.29 is 4.79 Å². The molecule has 4 aliphatic rings. The lowest BCUT2D eigenvalue weighted by Gasteiger charge is -2.63. The van der Waals surface area contributed by atoms with Crippen LogP contribution < -0.4 is 0 Å². The first kappa shape index (κ1) is 14.3. The van der Waals surface area contributed by atoms with Crippen molar-refractivity contribution in [2.24, 2.45) is 33.5 Å². The molecule has 21 heavy (non-hydrogen) atoms. The van der Waals surface area contributed by atoms with E-state index in [1.54, 1.807) is 0 Å². The maximum atomic E-state index is 13.0. The Labute approximate surface area is 130 Å². The van der Waals surface area contributed by atoms with Crippen LogP contribution in [0.15, 0.2) is 0 Å². The molecule has 1 heteroatoms. The molecule has 4 saturated carbocycles. The summed E-state index contributed by atoms with van der Waals surface area (Å²) in [6.45, 7) is 9.94. The Kier molecular flexibility index (Phi) is 2.68. The van der Waals surface area contributed by atoms with Gasteiger partial charge < -0.3 is 0 Å². The summed E-state index contributed by atoms with van der Waals surface area (Å²) in [4.78, 5) is 13.0. The molecule has 0 N–H and O–H groups in total. The molecule has 118 valence electrons. The number of hydrogen-bond acceptors (Lipinski definition) is 1. The third kappa shape index (κ3) is 1.67. The zero-order chi connectivity index (χ0) is 15.1. The molecule has 0 amide bonds. The topological polar surface area (TPSA) is 17.1 Å². The van der Waals surface area contributed by atoms with E-state index in [0.717, 1.165) is 12.3 Å². The quantitative estimate of drug-likeness (QED) is 0.585. The summed E-state index contributed by atoms with van der Waals surface area (Å²) < 4.78 is 0. The average molecular weight is 288 g/mol. The van der Waals surface area contributed by atoms with E-state index >= 15 is 0 Å². The normalized spacial score (nSPS) is 55.0. The van der Waals surface area contributed by atoms with Crippen LogP contribution in [0.3, 0.4) is 0 Å². The number of hydrogen-bond donors (Lipinski definition) is 0. The van der Waals surface area contributed by atoms with Gasteiger partial charge in [-0.05, 0) is 73.0 Å². The Hall–Kier alpha value is -0.330. The molecule has 4 fully saturated rings. The highest BCUT2D eigenvalue weighted by Gasteiger charge is 2.67. The summed E-state index contributed by atoms with van der Waals surface area (Å²) in [5.41, 5.74) is 1.35. The number of carbonyl (C=O) groups excluding carboxylic acids is 1. The van der Waals surface area contributed by atoms with E-state index in [0.29, 0.717) is 27.9 Å². The van der Waals surface area contributed by atoms with Gasteiger partial charge in [0.05, 0.1) is 0 Å². The average Bonchev–Trinajstić information content (AvgIpc) is 2.53. The Morgan fingerprint density at radius 1 is 0.905 bits per heavy atom. The highest BCUT2D eigenvalue weighted by molar-refractivity contribution is 5.89. The Balaban J connectivity index is 1.78. The number of carbonyl (C=O) groups is 1. The highest BCUT2D eigenvalue weighted by Crippen LogP contribution is 2.72. The lowest BCUT2D eigenvalue weighted by molar-refractivity contribution is -0.163. The maximum Gasteiger partial charge on any atom is 0.139 e. The third-order valence-electron chi connectivity index (χ3n) is 8.54. The van der Waals surface area contributed by atoms with Crippen LogP contribution >= 0.6 is 0 Å². The summed E-state index contributed by atoms with van der Waals surface area (Å²) in [6.07, 6.45) is 11.4. The van der Waals surface area contributed by atoms with Gasteiger partial charge in [-0.15, -0.1) is 0 Å². The van der Waals surface area contributed by atoms with Crippen molar-refractivity contribution in [1.82, 2.24) is 0 Å². The number of rotatable bonds is 0. The Morgan fingerprint density at radius 3 is 2.38 bits per heavy atom. The minimum Gasteiger partial charge on any atom is -0.299 e. The van der Waals surface area contributed by atoms with Crippen LogP contribution in [0, 0.1) is 33.5 Å². The molecular formula is C20H32O. The molecule has 0 aromatic rings. The Bertz CT molecular complexity index is 492. The van der Waals surface area contributed by atoms with Crippen molar-refractivity contribution in [3.63, 3.8) is 0 Å². The first-order valence-electron chi connectivity index (χ1n) is 9.25. The molecule has 4 rings (SSSR count). The maximum absolute atomic E-state index is 13.0. The van der Waals surface area contributed by atoms with Gasteiger partial charge in [-0.2, -0.15) is 0 Å². The van der Waals surface area contributed by atoms with Gasteiger partial charge >= 0.3 is 0 Å². The summed E-state index contributed by atoms with van der Waals surface area (Å²) >= 11 is 0. The Morgan fingerprint density at radius 2 is 1.62 bits per heavy atom. The smallest absolute Gasteiger partial charge is 0.139 e. The van der Waals surface area contributed by atoms with Gasteiger partial charge in [-0.1, -0.05) is 34.1 Å². The largest absolute Gasteiger partial charge is 0.299 e. The second-order valence-electron chi connectivity index (χ2n) is 10.3. The minimum absolute atomic E-state index is 0.0890. The number of fused-ring (bicyclic) bond motifs is 3. The molecule has 0 aliphatic heterocycles. The van der Waals surface area contributed by atoms with Gasteiger partial charge in [0.2, 0.25) is 0 Å². The second kappa shape index (κ2) is 3.95. The molecule has 0 unspecified atom stereocenters. The van der Waals surface area contributed by atoms with Crippen LogP contribution in [0.25, 0.3) is 0 Å². The fraction of sp³-hybridized carbons (Fsp3) is 0.950. The lowest BCUT2D eigenvalue weighted by atomic mass is 9.40. The van der Waals surface area contributed by atoms with Crippen LogP contribution in [0.4, 0.5) is 0 Å². The standard InChI is InChI=1S/C20H32O/c1-17(2)8-5-9-19(4)14(17)7-11-20-13-18(3,12-16(20)21)10-6-15(19)20/h14-15H,5-13H2,1-4H3/t14-,15+,18-,19-,20+/m0/s1.